The fourth-order valence-corrected chi connectivity index (χ4v) is 8.00. The lowest BCUT2D eigenvalue weighted by molar-refractivity contribution is -0.231. The molecule has 5 aliphatic rings. The maximum absolute atomic E-state index is 14.2. The normalized spacial score (nSPS) is 43.2. The number of rotatable bonds is 4. The highest BCUT2D eigenvalue weighted by atomic mass is 16.7. The molecule has 2 heterocycles. The molecule has 11 atom stereocenters. The lowest BCUT2D eigenvalue weighted by atomic mass is 9.70. The minimum absolute atomic E-state index is 0.0544. The van der Waals surface area contributed by atoms with Crippen molar-refractivity contribution in [1.29, 1.82) is 0 Å². The number of hydrogen-bond donors (Lipinski definition) is 0. The number of esters is 1. The van der Waals surface area contributed by atoms with Gasteiger partial charge < -0.3 is 19.1 Å². The van der Waals surface area contributed by atoms with E-state index in [0.717, 1.165) is 44.1 Å². The molecular formula is C32H47NO6. The van der Waals surface area contributed by atoms with E-state index >= 15 is 0 Å². The molecule has 0 N–H and O–H groups in total. The SMILES string of the molecule is CCC1CCCC(OC2CCC(N(C)C)C(C)O2)C(C)C(=O)C2=CC3C(C=CC4CC(=O)CC43)C2CC(=O)O1. The maximum atomic E-state index is 14.2. The first-order valence-electron chi connectivity index (χ1n) is 15.3. The van der Waals surface area contributed by atoms with Gasteiger partial charge in [-0.2, -0.15) is 0 Å². The topological polar surface area (TPSA) is 82.1 Å². The maximum Gasteiger partial charge on any atom is 0.306 e. The number of allylic oxidation sites excluding steroid dienone is 4. The van der Waals surface area contributed by atoms with Crippen LogP contribution in [-0.4, -0.2) is 67.2 Å². The number of carbonyl (C=O) groups is 3. The van der Waals surface area contributed by atoms with Crippen LogP contribution in [0, 0.1) is 35.5 Å². The second-order valence-electron chi connectivity index (χ2n) is 12.9. The molecule has 0 aromatic carbocycles. The van der Waals surface area contributed by atoms with Gasteiger partial charge in [-0.1, -0.05) is 32.1 Å². The molecule has 0 aromatic rings. The highest BCUT2D eigenvalue weighted by Crippen LogP contribution is 2.52. The number of likely N-dealkylation sites (N-methyl/N-ethyl adjacent to an activating group) is 1. The first-order chi connectivity index (χ1) is 18.7. The van der Waals surface area contributed by atoms with E-state index < -0.39 is 0 Å². The van der Waals surface area contributed by atoms with Crippen LogP contribution in [0.15, 0.2) is 23.8 Å². The summed E-state index contributed by atoms with van der Waals surface area (Å²) in [4.78, 5) is 41.8. The minimum atomic E-state index is -0.343. The van der Waals surface area contributed by atoms with Gasteiger partial charge in [0.2, 0.25) is 0 Å². The highest BCUT2D eigenvalue weighted by Gasteiger charge is 2.50. The standard InChI is InChI=1S/C32H47NO6/c1-6-22-8-7-9-29(39-31-13-12-28(33(4)5)19(3)37-31)18(2)32(36)27-16-25-23(26(27)17-30(35)38-22)11-10-20-14-21(34)15-24(20)25/h10-11,16,18-20,22-26,28-29,31H,6-9,12-15,17H2,1-5H3. The van der Waals surface area contributed by atoms with Crippen LogP contribution >= 0.6 is 0 Å². The second kappa shape index (κ2) is 12.0. The van der Waals surface area contributed by atoms with Crippen LogP contribution in [0.3, 0.4) is 0 Å². The number of nitrogens with zero attached hydrogens (tertiary/aromatic N) is 1. The van der Waals surface area contributed by atoms with E-state index in [1.165, 1.54) is 0 Å². The first-order valence-corrected chi connectivity index (χ1v) is 15.3. The van der Waals surface area contributed by atoms with Crippen LogP contribution in [0.1, 0.15) is 78.6 Å². The van der Waals surface area contributed by atoms with Gasteiger partial charge in [0, 0.05) is 30.7 Å². The minimum Gasteiger partial charge on any atom is -0.462 e. The Bertz CT molecular complexity index is 1000. The van der Waals surface area contributed by atoms with E-state index in [0.29, 0.717) is 24.7 Å². The number of carbonyl (C=O) groups excluding carboxylic acids is 3. The Kier molecular flexibility index (Phi) is 8.80. The third-order valence-corrected chi connectivity index (χ3v) is 10.2. The fourth-order valence-electron chi connectivity index (χ4n) is 8.00. The van der Waals surface area contributed by atoms with Crippen molar-refractivity contribution in [3.8, 4) is 0 Å². The molecule has 2 aliphatic heterocycles. The van der Waals surface area contributed by atoms with E-state index in [1.807, 2.05) is 6.92 Å². The summed E-state index contributed by atoms with van der Waals surface area (Å²) in [6, 6.07) is 0.354. The van der Waals surface area contributed by atoms with Gasteiger partial charge in [0.05, 0.1) is 18.6 Å². The molecule has 0 amide bonds. The van der Waals surface area contributed by atoms with Gasteiger partial charge in [0.1, 0.15) is 11.9 Å². The second-order valence-corrected chi connectivity index (χ2v) is 12.9. The summed E-state index contributed by atoms with van der Waals surface area (Å²) in [5.74, 6) is 0.245. The van der Waals surface area contributed by atoms with Gasteiger partial charge in [-0.3, -0.25) is 14.4 Å². The third kappa shape index (κ3) is 5.96. The molecule has 0 aromatic heterocycles. The quantitative estimate of drug-likeness (QED) is 0.371. The van der Waals surface area contributed by atoms with Gasteiger partial charge in [-0.15, -0.1) is 0 Å². The molecule has 0 radical (unpaired) electrons. The molecular weight excluding hydrogens is 494 g/mol. The van der Waals surface area contributed by atoms with E-state index in [2.05, 4.69) is 51.1 Å². The number of cyclic esters (lactones) is 1. The number of fused-ring (bicyclic) bond motifs is 5. The molecule has 7 heteroatoms. The number of ketones is 2. The largest absolute Gasteiger partial charge is 0.462 e. The van der Waals surface area contributed by atoms with Gasteiger partial charge in [-0.05, 0) is 88.8 Å². The fraction of sp³-hybridized carbons (Fsp3) is 0.781. The van der Waals surface area contributed by atoms with Crippen molar-refractivity contribution in [2.75, 3.05) is 14.1 Å². The molecule has 2 saturated heterocycles. The molecule has 3 aliphatic carbocycles. The van der Waals surface area contributed by atoms with E-state index in [1.54, 1.807) is 0 Å². The highest BCUT2D eigenvalue weighted by molar-refractivity contribution is 5.99. The Hall–Kier alpha value is -1.83. The Morgan fingerprint density at radius 2 is 1.77 bits per heavy atom. The van der Waals surface area contributed by atoms with E-state index in [9.17, 15) is 14.4 Å². The molecule has 0 bridgehead atoms. The van der Waals surface area contributed by atoms with Crippen LogP contribution < -0.4 is 0 Å². The molecule has 216 valence electrons. The van der Waals surface area contributed by atoms with E-state index in [-0.39, 0.29) is 78.3 Å². The summed E-state index contributed by atoms with van der Waals surface area (Å²) in [5.41, 5.74) is 0.743. The number of ether oxygens (including phenoxy) is 3. The number of Topliss-reactive ketones (excluding diaryl/α,β-unsaturated/α-hetero) is 2. The summed E-state index contributed by atoms with van der Waals surface area (Å²) in [6.45, 7) is 6.14. The van der Waals surface area contributed by atoms with Crippen LogP contribution in [0.2, 0.25) is 0 Å². The Morgan fingerprint density at radius 3 is 2.49 bits per heavy atom. The Labute approximate surface area is 233 Å². The van der Waals surface area contributed by atoms with Crippen LogP contribution in [0.5, 0.6) is 0 Å². The molecule has 0 spiro atoms. The van der Waals surface area contributed by atoms with Crippen molar-refractivity contribution in [2.24, 2.45) is 35.5 Å². The zero-order valence-electron chi connectivity index (χ0n) is 24.3. The third-order valence-electron chi connectivity index (χ3n) is 10.2. The van der Waals surface area contributed by atoms with Crippen LogP contribution in [-0.2, 0) is 28.6 Å². The van der Waals surface area contributed by atoms with Crippen molar-refractivity contribution in [2.45, 2.75) is 109 Å². The van der Waals surface area contributed by atoms with Crippen molar-refractivity contribution in [3.63, 3.8) is 0 Å². The van der Waals surface area contributed by atoms with Gasteiger partial charge in [0.25, 0.3) is 0 Å². The van der Waals surface area contributed by atoms with Gasteiger partial charge >= 0.3 is 5.97 Å². The monoisotopic (exact) mass is 541 g/mol. The summed E-state index contributed by atoms with van der Waals surface area (Å²) in [6.07, 6.45) is 12.0. The molecule has 11 unspecified atom stereocenters. The van der Waals surface area contributed by atoms with Gasteiger partial charge in [0.15, 0.2) is 12.1 Å². The van der Waals surface area contributed by atoms with Gasteiger partial charge in [-0.25, -0.2) is 0 Å². The molecule has 7 nitrogen and oxygen atoms in total. The van der Waals surface area contributed by atoms with Crippen molar-refractivity contribution >= 4 is 17.5 Å². The summed E-state index contributed by atoms with van der Waals surface area (Å²) >= 11 is 0. The van der Waals surface area contributed by atoms with Crippen molar-refractivity contribution < 1.29 is 28.6 Å². The molecule has 5 rings (SSSR count). The average Bonchev–Trinajstić information content (AvgIpc) is 3.45. The van der Waals surface area contributed by atoms with Crippen molar-refractivity contribution in [1.82, 2.24) is 4.90 Å². The zero-order chi connectivity index (χ0) is 27.8. The zero-order valence-corrected chi connectivity index (χ0v) is 24.3. The smallest absolute Gasteiger partial charge is 0.306 e. The summed E-state index contributed by atoms with van der Waals surface area (Å²) < 4.78 is 18.8. The molecule has 3 fully saturated rings. The van der Waals surface area contributed by atoms with E-state index in [4.69, 9.17) is 14.2 Å². The molecule has 39 heavy (non-hydrogen) atoms. The average molecular weight is 542 g/mol. The Balaban J connectivity index is 1.40. The van der Waals surface area contributed by atoms with Crippen LogP contribution in [0.25, 0.3) is 0 Å². The first kappa shape index (κ1) is 28.7. The predicted molar refractivity (Wildman–Crippen MR) is 148 cm³/mol. The predicted octanol–water partition coefficient (Wildman–Crippen LogP) is 4.88. The van der Waals surface area contributed by atoms with Crippen molar-refractivity contribution in [3.05, 3.63) is 23.8 Å². The summed E-state index contributed by atoms with van der Waals surface area (Å²) in [7, 11) is 4.16. The molecule has 1 saturated carbocycles. The van der Waals surface area contributed by atoms with Crippen LogP contribution in [0.4, 0.5) is 0 Å². The Morgan fingerprint density at radius 1 is 0.974 bits per heavy atom. The lowest BCUT2D eigenvalue weighted by Gasteiger charge is -2.40. The lowest BCUT2D eigenvalue weighted by Crippen LogP contribution is -2.47. The summed E-state index contributed by atoms with van der Waals surface area (Å²) in [5, 5.41) is 0. The number of hydrogen-bond acceptors (Lipinski definition) is 7.